The molecule has 45 heavy (non-hydrogen) atoms. The van der Waals surface area contributed by atoms with Crippen LogP contribution in [0, 0.1) is 12.8 Å². The average Bonchev–Trinajstić information content (AvgIpc) is 3.52. The summed E-state index contributed by atoms with van der Waals surface area (Å²) >= 11 is 3.25. The number of nitrogens with one attached hydrogen (secondary N) is 1. The molecule has 0 saturated carbocycles. The van der Waals surface area contributed by atoms with Crippen LogP contribution in [-0.2, 0) is 22.6 Å². The summed E-state index contributed by atoms with van der Waals surface area (Å²) in [6.45, 7) is 4.53. The van der Waals surface area contributed by atoms with Crippen molar-refractivity contribution >= 4 is 29.0 Å². The molecular weight excluding hydrogens is 605 g/mol. The van der Waals surface area contributed by atoms with E-state index in [0.29, 0.717) is 12.1 Å². The Morgan fingerprint density at radius 1 is 0.933 bits per heavy atom. The summed E-state index contributed by atoms with van der Waals surface area (Å²) in [6, 6.07) is 27.8. The highest BCUT2D eigenvalue weighted by molar-refractivity contribution is 8.01. The van der Waals surface area contributed by atoms with E-state index < -0.39 is 6.29 Å². The minimum atomic E-state index is -0.548. The Kier molecular flexibility index (Phi) is 9.97. The molecule has 8 nitrogen and oxygen atoms in total. The highest BCUT2D eigenvalue weighted by Gasteiger charge is 2.38. The number of nitrogens with zero attached hydrogens (tertiary/aromatic N) is 3. The lowest BCUT2D eigenvalue weighted by atomic mass is 9.91. The third-order valence-electron chi connectivity index (χ3n) is 7.82. The second-order valence-electron chi connectivity index (χ2n) is 11.0. The average molecular weight is 639 g/mol. The Bertz CT molecular complexity index is 1710. The van der Waals surface area contributed by atoms with Crippen LogP contribution in [-0.4, -0.2) is 38.1 Å². The molecule has 0 spiro atoms. The summed E-state index contributed by atoms with van der Waals surface area (Å²) in [7, 11) is 0. The molecule has 10 heteroatoms. The number of carbonyl (C=O) groups is 1. The highest BCUT2D eigenvalue weighted by atomic mass is 32.2. The van der Waals surface area contributed by atoms with Crippen molar-refractivity contribution < 1.29 is 19.4 Å². The van der Waals surface area contributed by atoms with E-state index in [1.807, 2.05) is 43.3 Å². The number of pyridine rings is 1. The first-order chi connectivity index (χ1) is 22.0. The maximum Gasteiger partial charge on any atom is 0.253 e. The molecule has 1 aliphatic heterocycles. The van der Waals surface area contributed by atoms with Crippen molar-refractivity contribution in [2.24, 2.45) is 5.92 Å². The van der Waals surface area contributed by atoms with Crippen molar-refractivity contribution in [3.05, 3.63) is 130 Å². The van der Waals surface area contributed by atoms with E-state index in [0.717, 1.165) is 48.5 Å². The highest BCUT2D eigenvalue weighted by Crippen LogP contribution is 2.43. The second-order valence-corrected chi connectivity index (χ2v) is 13.4. The van der Waals surface area contributed by atoms with Gasteiger partial charge in [-0.25, -0.2) is 0 Å². The van der Waals surface area contributed by atoms with E-state index in [-0.39, 0.29) is 30.6 Å². The van der Waals surface area contributed by atoms with Gasteiger partial charge >= 0.3 is 0 Å². The fourth-order valence-electron chi connectivity index (χ4n) is 5.28. The van der Waals surface area contributed by atoms with Crippen LogP contribution in [0.5, 0.6) is 0 Å². The van der Waals surface area contributed by atoms with E-state index in [9.17, 15) is 9.90 Å². The number of aliphatic hydroxyl groups is 1. The maximum absolute atomic E-state index is 12.5. The van der Waals surface area contributed by atoms with Crippen LogP contribution in [0.1, 0.15) is 56.9 Å². The fraction of sp³-hybridized carbons (Fsp3) is 0.257. The molecular formula is C35H34N4O4S2. The van der Waals surface area contributed by atoms with Crippen molar-refractivity contribution in [2.75, 3.05) is 5.75 Å². The van der Waals surface area contributed by atoms with Gasteiger partial charge in [0.15, 0.2) is 10.6 Å². The zero-order valence-electron chi connectivity index (χ0n) is 25.0. The summed E-state index contributed by atoms with van der Waals surface area (Å²) < 4.78 is 14.1. The first-order valence-corrected chi connectivity index (χ1v) is 16.6. The van der Waals surface area contributed by atoms with Gasteiger partial charge in [-0.1, -0.05) is 96.8 Å². The first-order valence-electron chi connectivity index (χ1n) is 14.8. The standard InChI is InChI=1S/C35H34N4O4S2/c1-22-31(21-44-35-39-38-23(2)45-35)42-34(43-32(22)27-10-8-24(20-40)9-11-27)28-14-12-26(13-15-28)29-6-3-5-25(17-29)18-37-33(41)30-7-4-16-36-19-30/h3-17,19,22,31-32,34,40H,18,20-21H2,1-2H3,(H,37,41). The Morgan fingerprint density at radius 3 is 2.44 bits per heavy atom. The lowest BCUT2D eigenvalue weighted by molar-refractivity contribution is -0.268. The quantitative estimate of drug-likeness (QED) is 0.159. The number of amides is 1. The van der Waals surface area contributed by atoms with Gasteiger partial charge in [0.25, 0.3) is 5.91 Å². The van der Waals surface area contributed by atoms with Crippen molar-refractivity contribution in [2.45, 2.75) is 49.8 Å². The Morgan fingerprint density at radius 2 is 1.73 bits per heavy atom. The van der Waals surface area contributed by atoms with E-state index in [1.165, 1.54) is 0 Å². The number of carbonyl (C=O) groups excluding carboxylic acids is 1. The Hall–Kier alpha value is -3.93. The Labute approximate surface area is 270 Å². The number of rotatable bonds is 10. The minimum Gasteiger partial charge on any atom is -0.392 e. The SMILES string of the molecule is Cc1nnc(SCC2OC(c3ccc(-c4cccc(CNC(=O)c5cccnc5)c4)cc3)OC(c3ccc(CO)cc3)C2C)s1. The van der Waals surface area contributed by atoms with E-state index >= 15 is 0 Å². The summed E-state index contributed by atoms with van der Waals surface area (Å²) in [4.78, 5) is 16.5. The van der Waals surface area contributed by atoms with Gasteiger partial charge in [0.05, 0.1) is 24.4 Å². The van der Waals surface area contributed by atoms with Gasteiger partial charge < -0.3 is 19.9 Å². The minimum absolute atomic E-state index is 0.00290. The van der Waals surface area contributed by atoms with Crippen LogP contribution >= 0.6 is 23.1 Å². The molecule has 3 aromatic carbocycles. The van der Waals surface area contributed by atoms with Crippen molar-refractivity contribution in [3.8, 4) is 11.1 Å². The van der Waals surface area contributed by atoms with Gasteiger partial charge in [-0.2, -0.15) is 0 Å². The summed E-state index contributed by atoms with van der Waals surface area (Å²) in [5.74, 6) is 0.657. The van der Waals surface area contributed by atoms with Gasteiger partial charge in [-0.3, -0.25) is 9.78 Å². The second kappa shape index (κ2) is 14.4. The van der Waals surface area contributed by atoms with Gasteiger partial charge in [0.1, 0.15) is 5.01 Å². The summed E-state index contributed by atoms with van der Waals surface area (Å²) in [6.07, 6.45) is 2.39. The van der Waals surface area contributed by atoms with Gasteiger partial charge in [-0.05, 0) is 52.9 Å². The van der Waals surface area contributed by atoms with E-state index in [2.05, 4.69) is 63.8 Å². The predicted octanol–water partition coefficient (Wildman–Crippen LogP) is 6.91. The lowest BCUT2D eigenvalue weighted by Gasteiger charge is -2.41. The van der Waals surface area contributed by atoms with Crippen molar-refractivity contribution in [3.63, 3.8) is 0 Å². The number of thioether (sulfide) groups is 1. The van der Waals surface area contributed by atoms with Crippen LogP contribution in [0.25, 0.3) is 11.1 Å². The Balaban J connectivity index is 1.18. The maximum atomic E-state index is 12.5. The lowest BCUT2D eigenvalue weighted by Crippen LogP contribution is -2.38. The zero-order chi connectivity index (χ0) is 31.2. The topological polar surface area (TPSA) is 106 Å². The molecule has 4 unspecified atom stereocenters. The zero-order valence-corrected chi connectivity index (χ0v) is 26.6. The predicted molar refractivity (Wildman–Crippen MR) is 176 cm³/mol. The molecule has 1 amide bonds. The number of aromatic nitrogens is 3. The molecule has 1 aliphatic rings. The number of aliphatic hydroxyl groups excluding tert-OH is 1. The van der Waals surface area contributed by atoms with Crippen LogP contribution in [0.15, 0.2) is 102 Å². The van der Waals surface area contributed by atoms with Crippen LogP contribution in [0.2, 0.25) is 0 Å². The molecule has 0 aliphatic carbocycles. The number of ether oxygens (including phenoxy) is 2. The van der Waals surface area contributed by atoms with Gasteiger partial charge in [-0.15, -0.1) is 10.2 Å². The smallest absolute Gasteiger partial charge is 0.253 e. The number of aryl methyl sites for hydroxylation is 1. The number of hydrogen-bond acceptors (Lipinski definition) is 9. The van der Waals surface area contributed by atoms with Crippen molar-refractivity contribution in [1.29, 1.82) is 0 Å². The summed E-state index contributed by atoms with van der Waals surface area (Å²) in [5.41, 5.74) is 6.50. The van der Waals surface area contributed by atoms with E-state index in [4.69, 9.17) is 9.47 Å². The van der Waals surface area contributed by atoms with Crippen LogP contribution in [0.3, 0.4) is 0 Å². The molecule has 230 valence electrons. The fourth-order valence-corrected chi connectivity index (χ4v) is 7.28. The molecule has 4 atom stereocenters. The van der Waals surface area contributed by atoms with Crippen LogP contribution < -0.4 is 5.32 Å². The third-order valence-corrected chi connectivity index (χ3v) is 9.88. The normalized spacial score (nSPS) is 19.7. The number of benzene rings is 3. The van der Waals surface area contributed by atoms with Gasteiger partial charge in [0, 0.05) is 36.2 Å². The van der Waals surface area contributed by atoms with E-state index in [1.54, 1.807) is 47.6 Å². The van der Waals surface area contributed by atoms with Crippen LogP contribution in [0.4, 0.5) is 0 Å². The number of hydrogen-bond donors (Lipinski definition) is 2. The molecule has 0 bridgehead atoms. The monoisotopic (exact) mass is 638 g/mol. The first kappa shape index (κ1) is 31.1. The molecule has 3 heterocycles. The molecule has 6 rings (SSSR count). The molecule has 2 N–H and O–H groups in total. The molecule has 0 radical (unpaired) electrons. The summed E-state index contributed by atoms with van der Waals surface area (Å²) in [5, 5.41) is 21.9. The molecule has 2 aromatic heterocycles. The molecule has 5 aromatic rings. The molecule has 1 fully saturated rings. The largest absolute Gasteiger partial charge is 0.392 e. The third kappa shape index (κ3) is 7.66. The molecule has 1 saturated heterocycles. The van der Waals surface area contributed by atoms with Gasteiger partial charge in [0.2, 0.25) is 0 Å². The van der Waals surface area contributed by atoms with Crippen molar-refractivity contribution in [1.82, 2.24) is 20.5 Å².